The first kappa shape index (κ1) is 13.9. The van der Waals surface area contributed by atoms with E-state index in [0.717, 1.165) is 0 Å². The normalized spacial score (nSPS) is 12.9. The number of ketones is 1. The van der Waals surface area contributed by atoms with E-state index >= 15 is 0 Å². The van der Waals surface area contributed by atoms with Gasteiger partial charge in [-0.15, -0.1) is 0 Å². The third-order valence-corrected chi connectivity index (χ3v) is 3.67. The van der Waals surface area contributed by atoms with Crippen LogP contribution in [0.4, 0.5) is 0 Å². The van der Waals surface area contributed by atoms with Crippen molar-refractivity contribution in [2.75, 3.05) is 14.2 Å². The van der Waals surface area contributed by atoms with E-state index in [1.54, 1.807) is 50.6 Å². The SMILES string of the molecule is COc1cc(OC)cc(C2=C(C#N)c3ccccc3C2=O)c1. The largest absolute Gasteiger partial charge is 0.497 e. The molecule has 0 saturated carbocycles. The molecule has 108 valence electrons. The van der Waals surface area contributed by atoms with Gasteiger partial charge in [0.1, 0.15) is 17.6 Å². The van der Waals surface area contributed by atoms with Crippen LogP contribution >= 0.6 is 0 Å². The minimum atomic E-state index is -0.151. The maximum absolute atomic E-state index is 12.7. The Labute approximate surface area is 128 Å². The van der Waals surface area contributed by atoms with E-state index in [2.05, 4.69) is 6.07 Å². The molecule has 4 nitrogen and oxygen atoms in total. The number of fused-ring (bicyclic) bond motifs is 1. The average Bonchev–Trinajstić information content (AvgIpc) is 2.86. The Hall–Kier alpha value is -3.06. The summed E-state index contributed by atoms with van der Waals surface area (Å²) in [6.45, 7) is 0. The van der Waals surface area contributed by atoms with Crippen molar-refractivity contribution in [2.24, 2.45) is 0 Å². The zero-order chi connectivity index (χ0) is 15.7. The van der Waals surface area contributed by atoms with Crippen molar-refractivity contribution in [3.8, 4) is 17.6 Å². The minimum absolute atomic E-state index is 0.151. The second kappa shape index (κ2) is 5.38. The summed E-state index contributed by atoms with van der Waals surface area (Å²) >= 11 is 0. The number of ether oxygens (including phenoxy) is 2. The molecule has 0 amide bonds. The average molecular weight is 291 g/mol. The van der Waals surface area contributed by atoms with Gasteiger partial charge in [0.15, 0.2) is 5.78 Å². The molecular formula is C18H13NO3. The summed E-state index contributed by atoms with van der Waals surface area (Å²) in [6.07, 6.45) is 0. The van der Waals surface area contributed by atoms with Crippen LogP contribution in [-0.4, -0.2) is 20.0 Å². The van der Waals surface area contributed by atoms with Gasteiger partial charge in [0, 0.05) is 22.8 Å². The summed E-state index contributed by atoms with van der Waals surface area (Å²) in [4.78, 5) is 12.7. The van der Waals surface area contributed by atoms with E-state index in [1.165, 1.54) is 0 Å². The Morgan fingerprint density at radius 3 is 2.09 bits per heavy atom. The molecule has 0 bridgehead atoms. The molecular weight excluding hydrogens is 278 g/mol. The van der Waals surface area contributed by atoms with E-state index in [1.807, 2.05) is 6.07 Å². The van der Waals surface area contributed by atoms with E-state index in [-0.39, 0.29) is 5.78 Å². The Morgan fingerprint density at radius 1 is 0.955 bits per heavy atom. The van der Waals surface area contributed by atoms with Gasteiger partial charge in [-0.2, -0.15) is 5.26 Å². The number of methoxy groups -OCH3 is 2. The fourth-order valence-corrected chi connectivity index (χ4v) is 2.63. The monoisotopic (exact) mass is 291 g/mol. The lowest BCUT2D eigenvalue weighted by atomic mass is 9.99. The Balaban J connectivity index is 2.24. The molecule has 0 heterocycles. The number of benzene rings is 2. The molecule has 2 aromatic rings. The van der Waals surface area contributed by atoms with Gasteiger partial charge in [0.2, 0.25) is 0 Å². The summed E-state index contributed by atoms with van der Waals surface area (Å²) in [5, 5.41) is 9.49. The predicted octanol–water partition coefficient (Wildman–Crippen LogP) is 3.33. The molecule has 1 aliphatic rings. The van der Waals surface area contributed by atoms with Crippen molar-refractivity contribution >= 4 is 16.9 Å². The van der Waals surface area contributed by atoms with E-state index < -0.39 is 0 Å². The topological polar surface area (TPSA) is 59.3 Å². The number of carbonyl (C=O) groups excluding carboxylic acids is 1. The Bertz CT molecular complexity index is 821. The number of hydrogen-bond donors (Lipinski definition) is 0. The third kappa shape index (κ3) is 2.04. The highest BCUT2D eigenvalue weighted by Gasteiger charge is 2.30. The molecule has 22 heavy (non-hydrogen) atoms. The van der Waals surface area contributed by atoms with E-state index in [4.69, 9.17) is 9.47 Å². The summed E-state index contributed by atoms with van der Waals surface area (Å²) in [6, 6.07) is 14.5. The highest BCUT2D eigenvalue weighted by Crippen LogP contribution is 2.39. The molecule has 4 heteroatoms. The maximum atomic E-state index is 12.7. The van der Waals surface area contributed by atoms with Crippen LogP contribution in [0.15, 0.2) is 42.5 Å². The minimum Gasteiger partial charge on any atom is -0.497 e. The van der Waals surface area contributed by atoms with Gasteiger partial charge in [-0.25, -0.2) is 0 Å². The summed E-state index contributed by atoms with van der Waals surface area (Å²) in [5.74, 6) is 0.994. The molecule has 3 rings (SSSR count). The van der Waals surface area contributed by atoms with Crippen LogP contribution in [0.3, 0.4) is 0 Å². The summed E-state index contributed by atoms with van der Waals surface area (Å²) in [7, 11) is 3.09. The lowest BCUT2D eigenvalue weighted by molar-refractivity contribution is 0.105. The lowest BCUT2D eigenvalue weighted by Gasteiger charge is -2.09. The smallest absolute Gasteiger partial charge is 0.195 e. The van der Waals surface area contributed by atoms with Crippen molar-refractivity contribution in [2.45, 2.75) is 0 Å². The van der Waals surface area contributed by atoms with Gasteiger partial charge in [-0.3, -0.25) is 4.79 Å². The first-order valence-electron chi connectivity index (χ1n) is 6.71. The van der Waals surface area contributed by atoms with Crippen LogP contribution in [0.5, 0.6) is 11.5 Å². The molecule has 0 radical (unpaired) electrons. The standard InChI is InChI=1S/C18H13NO3/c1-21-12-7-11(8-13(9-12)22-2)17-16(10-19)14-5-3-4-6-15(14)18(17)20/h3-9H,1-2H3. The molecule has 1 aliphatic carbocycles. The van der Waals surface area contributed by atoms with Crippen molar-refractivity contribution < 1.29 is 14.3 Å². The number of nitrogens with zero attached hydrogens (tertiary/aromatic N) is 1. The molecule has 0 unspecified atom stereocenters. The molecule has 0 atom stereocenters. The Morgan fingerprint density at radius 2 is 1.55 bits per heavy atom. The van der Waals surface area contributed by atoms with Crippen LogP contribution in [0.2, 0.25) is 0 Å². The van der Waals surface area contributed by atoms with Gasteiger partial charge in [-0.05, 0) is 17.7 Å². The van der Waals surface area contributed by atoms with Gasteiger partial charge < -0.3 is 9.47 Å². The number of carbonyl (C=O) groups is 1. The fraction of sp³-hybridized carbons (Fsp3) is 0.111. The first-order valence-corrected chi connectivity index (χ1v) is 6.71. The highest BCUT2D eigenvalue weighted by atomic mass is 16.5. The second-order valence-electron chi connectivity index (χ2n) is 4.84. The molecule has 2 aromatic carbocycles. The molecule has 0 N–H and O–H groups in total. The van der Waals surface area contributed by atoms with Crippen molar-refractivity contribution in [1.29, 1.82) is 5.26 Å². The maximum Gasteiger partial charge on any atom is 0.195 e. The summed E-state index contributed by atoms with van der Waals surface area (Å²) < 4.78 is 10.5. The number of allylic oxidation sites excluding steroid dienone is 2. The van der Waals surface area contributed by atoms with Crippen molar-refractivity contribution in [3.63, 3.8) is 0 Å². The fourth-order valence-electron chi connectivity index (χ4n) is 2.63. The van der Waals surface area contributed by atoms with Crippen LogP contribution < -0.4 is 9.47 Å². The van der Waals surface area contributed by atoms with Crippen LogP contribution in [-0.2, 0) is 0 Å². The quantitative estimate of drug-likeness (QED) is 0.870. The zero-order valence-corrected chi connectivity index (χ0v) is 12.2. The molecule has 0 fully saturated rings. The van der Waals surface area contributed by atoms with E-state index in [9.17, 15) is 10.1 Å². The van der Waals surface area contributed by atoms with Gasteiger partial charge in [0.25, 0.3) is 0 Å². The Kier molecular flexibility index (Phi) is 3.40. The number of nitriles is 1. The predicted molar refractivity (Wildman–Crippen MR) is 82.7 cm³/mol. The van der Waals surface area contributed by atoms with Crippen LogP contribution in [0, 0.1) is 11.3 Å². The zero-order valence-electron chi connectivity index (χ0n) is 12.2. The molecule has 0 spiro atoms. The number of Topliss-reactive ketones (excluding diaryl/α,β-unsaturated/α-hetero) is 1. The lowest BCUT2D eigenvalue weighted by Crippen LogP contribution is -1.99. The van der Waals surface area contributed by atoms with Gasteiger partial charge >= 0.3 is 0 Å². The van der Waals surface area contributed by atoms with Crippen LogP contribution in [0.1, 0.15) is 21.5 Å². The first-order chi connectivity index (χ1) is 10.7. The second-order valence-corrected chi connectivity index (χ2v) is 4.84. The van der Waals surface area contributed by atoms with Gasteiger partial charge in [-0.1, -0.05) is 24.3 Å². The molecule has 0 aromatic heterocycles. The molecule has 0 saturated heterocycles. The molecule has 0 aliphatic heterocycles. The van der Waals surface area contributed by atoms with Gasteiger partial charge in [0.05, 0.1) is 19.8 Å². The number of rotatable bonds is 3. The number of hydrogen-bond acceptors (Lipinski definition) is 4. The van der Waals surface area contributed by atoms with Crippen molar-refractivity contribution in [3.05, 3.63) is 59.2 Å². The van der Waals surface area contributed by atoms with E-state index in [0.29, 0.717) is 39.3 Å². The van der Waals surface area contributed by atoms with Crippen LogP contribution in [0.25, 0.3) is 11.1 Å². The highest BCUT2D eigenvalue weighted by molar-refractivity contribution is 6.41. The van der Waals surface area contributed by atoms with Crippen molar-refractivity contribution in [1.82, 2.24) is 0 Å². The summed E-state index contributed by atoms with van der Waals surface area (Å²) in [5.41, 5.74) is 2.62. The third-order valence-electron chi connectivity index (χ3n) is 3.67.